The number of aldehydes is 1. The first-order valence-electron chi connectivity index (χ1n) is 3.80. The van der Waals surface area contributed by atoms with Crippen LogP contribution in [-0.2, 0) is 14.3 Å². The Bertz CT molecular complexity index is 261. The van der Waals surface area contributed by atoms with Crippen molar-refractivity contribution in [2.75, 3.05) is 13.2 Å². The highest BCUT2D eigenvalue weighted by Crippen LogP contribution is 1.87. The number of nitro groups is 1. The molecule has 0 aromatic heterocycles. The molecule has 0 saturated carbocycles. The summed E-state index contributed by atoms with van der Waals surface area (Å²) in [7, 11) is 0. The van der Waals surface area contributed by atoms with Gasteiger partial charge < -0.3 is 10.1 Å². The van der Waals surface area contributed by atoms with E-state index in [0.29, 0.717) is 0 Å². The number of rotatable bonds is 6. The summed E-state index contributed by atoms with van der Waals surface area (Å²) in [5, 5.41) is 12.4. The summed E-state index contributed by atoms with van der Waals surface area (Å²) in [6, 6.07) is 0. The zero-order valence-corrected chi connectivity index (χ0v) is 7.56. The molecule has 78 valence electrons. The van der Waals surface area contributed by atoms with Crippen LogP contribution in [0.15, 0.2) is 11.9 Å². The Labute approximate surface area is 79.9 Å². The molecule has 0 bridgehead atoms. The van der Waals surface area contributed by atoms with Crippen molar-refractivity contribution in [1.82, 2.24) is 5.32 Å². The smallest absolute Gasteiger partial charge is 0.325 e. The second kappa shape index (κ2) is 6.58. The van der Waals surface area contributed by atoms with Crippen LogP contribution >= 0.6 is 0 Å². The van der Waals surface area contributed by atoms with Gasteiger partial charge in [-0.3, -0.25) is 19.7 Å². The molecule has 0 heterocycles. The van der Waals surface area contributed by atoms with Gasteiger partial charge in [-0.25, -0.2) is 0 Å². The van der Waals surface area contributed by atoms with Crippen molar-refractivity contribution in [2.24, 2.45) is 0 Å². The lowest BCUT2D eigenvalue weighted by atomic mass is 10.5. The van der Waals surface area contributed by atoms with Crippen LogP contribution in [0.5, 0.6) is 0 Å². The molecule has 0 aliphatic heterocycles. The normalized spacial score (nSPS) is 10.5. The number of carbonyl (C=O) groups is 2. The fourth-order valence-corrected chi connectivity index (χ4v) is 0.581. The van der Waals surface area contributed by atoms with Crippen molar-refractivity contribution >= 4 is 12.3 Å². The van der Waals surface area contributed by atoms with Gasteiger partial charge in [0, 0.05) is 0 Å². The Kier molecular flexibility index (Phi) is 5.68. The summed E-state index contributed by atoms with van der Waals surface area (Å²) in [4.78, 5) is 30.0. The van der Waals surface area contributed by atoms with Crippen molar-refractivity contribution < 1.29 is 19.2 Å². The highest BCUT2D eigenvalue weighted by atomic mass is 16.6. The first-order chi connectivity index (χ1) is 6.61. The molecule has 7 nitrogen and oxygen atoms in total. The van der Waals surface area contributed by atoms with Gasteiger partial charge >= 0.3 is 11.7 Å². The van der Waals surface area contributed by atoms with Gasteiger partial charge in [-0.2, -0.15) is 0 Å². The molecule has 0 aliphatic rings. The average Bonchev–Trinajstić information content (AvgIpc) is 2.12. The number of hydrogen-bond donors (Lipinski definition) is 1. The van der Waals surface area contributed by atoms with E-state index in [4.69, 9.17) is 0 Å². The zero-order chi connectivity index (χ0) is 11.0. The number of ether oxygens (including phenoxy) is 1. The van der Waals surface area contributed by atoms with Gasteiger partial charge in [0.2, 0.25) is 6.29 Å². The standard InChI is InChI=1S/C7H10N2O5/c1-2-14-7(11)4-8-3-6(5-10)9(12)13/h3,5,8H,2,4H2,1H3/b6-3+. The molecule has 14 heavy (non-hydrogen) atoms. The maximum atomic E-state index is 10.7. The molecular formula is C7H10N2O5. The number of hydrogen-bond acceptors (Lipinski definition) is 6. The van der Waals surface area contributed by atoms with Crippen LogP contribution in [-0.4, -0.2) is 30.3 Å². The van der Waals surface area contributed by atoms with E-state index in [-0.39, 0.29) is 19.4 Å². The fourth-order valence-electron chi connectivity index (χ4n) is 0.581. The van der Waals surface area contributed by atoms with Gasteiger partial charge in [0.1, 0.15) is 6.54 Å². The topological polar surface area (TPSA) is 98.5 Å². The van der Waals surface area contributed by atoms with Crippen molar-refractivity contribution in [3.8, 4) is 0 Å². The third-order valence-corrected chi connectivity index (χ3v) is 1.13. The number of nitrogens with one attached hydrogen (secondary N) is 1. The summed E-state index contributed by atoms with van der Waals surface area (Å²) in [5.41, 5.74) is -0.644. The Morgan fingerprint density at radius 3 is 2.71 bits per heavy atom. The lowest BCUT2D eigenvalue weighted by molar-refractivity contribution is -0.417. The van der Waals surface area contributed by atoms with E-state index < -0.39 is 16.6 Å². The molecule has 0 fully saturated rings. The minimum absolute atomic E-state index is 0.0815. The molecule has 0 spiro atoms. The molecule has 1 N–H and O–H groups in total. The molecule has 0 saturated heterocycles. The molecule has 0 aromatic carbocycles. The van der Waals surface area contributed by atoms with E-state index in [1.54, 1.807) is 6.92 Å². The van der Waals surface area contributed by atoms with Crippen LogP contribution in [0.25, 0.3) is 0 Å². The first-order valence-corrected chi connectivity index (χ1v) is 3.80. The second-order valence-corrected chi connectivity index (χ2v) is 2.13. The van der Waals surface area contributed by atoms with Gasteiger partial charge in [0.15, 0.2) is 0 Å². The van der Waals surface area contributed by atoms with Gasteiger partial charge in [0.05, 0.1) is 17.7 Å². The minimum Gasteiger partial charge on any atom is -0.465 e. The molecule has 0 rings (SSSR count). The van der Waals surface area contributed by atoms with Crippen molar-refractivity contribution in [1.29, 1.82) is 0 Å². The molecule has 0 radical (unpaired) electrons. The van der Waals surface area contributed by atoms with Crippen LogP contribution in [0, 0.1) is 10.1 Å². The van der Waals surface area contributed by atoms with Crippen LogP contribution < -0.4 is 5.32 Å². The first kappa shape index (κ1) is 12.1. The SMILES string of the molecule is CCOC(=O)CN/C=C(\C=O)[N+](=O)[O-]. The summed E-state index contributed by atoms with van der Waals surface area (Å²) < 4.78 is 4.53. The van der Waals surface area contributed by atoms with Gasteiger partial charge in [-0.15, -0.1) is 0 Å². The number of nitrogens with zero attached hydrogens (tertiary/aromatic N) is 1. The Balaban J connectivity index is 3.96. The van der Waals surface area contributed by atoms with Crippen LogP contribution in [0.2, 0.25) is 0 Å². The van der Waals surface area contributed by atoms with Crippen LogP contribution in [0.3, 0.4) is 0 Å². The molecule has 0 atom stereocenters. The predicted molar refractivity (Wildman–Crippen MR) is 45.8 cm³/mol. The Morgan fingerprint density at radius 1 is 1.64 bits per heavy atom. The maximum Gasteiger partial charge on any atom is 0.325 e. The summed E-state index contributed by atoms with van der Waals surface area (Å²) in [5.74, 6) is -0.544. The lowest BCUT2D eigenvalue weighted by Crippen LogP contribution is -2.21. The molecular weight excluding hydrogens is 192 g/mol. The van der Waals surface area contributed by atoms with Crippen molar-refractivity contribution in [3.05, 3.63) is 22.0 Å². The average molecular weight is 202 g/mol. The van der Waals surface area contributed by atoms with Gasteiger partial charge in [0.25, 0.3) is 0 Å². The van der Waals surface area contributed by atoms with Crippen molar-refractivity contribution in [3.63, 3.8) is 0 Å². The minimum atomic E-state index is -0.856. The van der Waals surface area contributed by atoms with E-state index in [1.165, 1.54) is 0 Å². The predicted octanol–water partition coefficient (Wildman–Crippen LogP) is -0.544. The van der Waals surface area contributed by atoms with E-state index in [2.05, 4.69) is 10.1 Å². The van der Waals surface area contributed by atoms with E-state index in [1.807, 2.05) is 0 Å². The Morgan fingerprint density at radius 2 is 2.29 bits per heavy atom. The summed E-state index contributed by atoms with van der Waals surface area (Å²) >= 11 is 0. The monoisotopic (exact) mass is 202 g/mol. The third kappa shape index (κ3) is 4.86. The summed E-state index contributed by atoms with van der Waals surface area (Å²) in [6.45, 7) is 1.67. The number of allylic oxidation sites excluding steroid dienone is 1. The van der Waals surface area contributed by atoms with Gasteiger partial charge in [-0.1, -0.05) is 0 Å². The fraction of sp³-hybridized carbons (Fsp3) is 0.429. The molecule has 0 aliphatic carbocycles. The quantitative estimate of drug-likeness (QED) is 0.204. The molecule has 0 unspecified atom stereocenters. The lowest BCUT2D eigenvalue weighted by Gasteiger charge is -1.99. The third-order valence-electron chi connectivity index (χ3n) is 1.13. The largest absolute Gasteiger partial charge is 0.465 e. The molecule has 0 amide bonds. The van der Waals surface area contributed by atoms with Crippen LogP contribution in [0.4, 0.5) is 0 Å². The van der Waals surface area contributed by atoms with Crippen LogP contribution in [0.1, 0.15) is 6.92 Å². The second-order valence-electron chi connectivity index (χ2n) is 2.13. The van der Waals surface area contributed by atoms with Crippen molar-refractivity contribution in [2.45, 2.75) is 6.92 Å². The molecule has 7 heteroatoms. The Hall–Kier alpha value is -1.92. The van der Waals surface area contributed by atoms with Gasteiger partial charge in [-0.05, 0) is 6.92 Å². The summed E-state index contributed by atoms with van der Waals surface area (Å²) in [6.07, 6.45) is 0.933. The van der Waals surface area contributed by atoms with E-state index in [0.717, 1.165) is 6.20 Å². The number of carbonyl (C=O) groups excluding carboxylic acids is 2. The number of esters is 1. The molecule has 0 aromatic rings. The maximum absolute atomic E-state index is 10.7. The van der Waals surface area contributed by atoms with E-state index >= 15 is 0 Å². The highest BCUT2D eigenvalue weighted by Gasteiger charge is 2.07. The highest BCUT2D eigenvalue weighted by molar-refractivity contribution is 5.72. The van der Waals surface area contributed by atoms with E-state index in [9.17, 15) is 19.7 Å². The zero-order valence-electron chi connectivity index (χ0n) is 7.56.